The van der Waals surface area contributed by atoms with E-state index in [4.69, 9.17) is 29.6 Å². The average molecular weight is 408 g/mol. The second-order valence-electron chi connectivity index (χ2n) is 3.84. The summed E-state index contributed by atoms with van der Waals surface area (Å²) in [4.78, 5) is 7.70. The second kappa shape index (κ2) is 6.22. The lowest BCUT2D eigenvalue weighted by Crippen LogP contribution is -2.16. The van der Waals surface area contributed by atoms with E-state index in [1.54, 1.807) is 6.07 Å². The van der Waals surface area contributed by atoms with Crippen LogP contribution in [0.15, 0.2) is 40.1 Å². The van der Waals surface area contributed by atoms with E-state index in [9.17, 15) is 8.42 Å². The molecule has 0 saturated heterocycles. The number of nitrogens with two attached hydrogens (primary N) is 1. The molecule has 3 N–H and O–H groups in total. The van der Waals surface area contributed by atoms with Gasteiger partial charge >= 0.3 is 0 Å². The lowest BCUT2D eigenvalue weighted by atomic mass is 10.2. The SMILES string of the molecule is NC(=S)c1ccc(Cl)c(S(=O)(=O)Nc2cnc(Br)cn2)c1. The zero-order valence-electron chi connectivity index (χ0n) is 10.2. The molecule has 110 valence electrons. The monoisotopic (exact) mass is 406 g/mol. The van der Waals surface area contributed by atoms with E-state index in [2.05, 4.69) is 30.6 Å². The number of rotatable bonds is 4. The molecular weight excluding hydrogens is 400 g/mol. The Kier molecular flexibility index (Phi) is 4.77. The minimum absolute atomic E-state index is 0.0487. The molecule has 0 aliphatic rings. The molecule has 0 amide bonds. The standard InChI is InChI=1S/C11H8BrClN4O2S2/c12-9-4-16-10(5-15-9)17-21(18,19)8-3-6(11(14)20)1-2-7(8)13/h1-5H,(H2,14,20)(H,16,17). The first-order valence-electron chi connectivity index (χ1n) is 5.39. The number of nitrogens with zero attached hydrogens (tertiary/aromatic N) is 2. The summed E-state index contributed by atoms with van der Waals surface area (Å²) >= 11 is 13.9. The van der Waals surface area contributed by atoms with Crippen molar-refractivity contribution in [1.82, 2.24) is 9.97 Å². The summed E-state index contributed by atoms with van der Waals surface area (Å²) in [5.41, 5.74) is 5.89. The van der Waals surface area contributed by atoms with E-state index in [0.29, 0.717) is 10.2 Å². The number of benzene rings is 1. The molecule has 2 rings (SSSR count). The van der Waals surface area contributed by atoms with Crippen LogP contribution in [0.4, 0.5) is 5.82 Å². The van der Waals surface area contributed by atoms with Gasteiger partial charge in [0, 0.05) is 5.56 Å². The highest BCUT2D eigenvalue weighted by molar-refractivity contribution is 9.10. The van der Waals surface area contributed by atoms with Gasteiger partial charge in [0.05, 0.1) is 17.4 Å². The van der Waals surface area contributed by atoms with Crippen LogP contribution >= 0.6 is 39.7 Å². The highest BCUT2D eigenvalue weighted by Gasteiger charge is 2.20. The number of halogens is 2. The first kappa shape index (κ1) is 16.1. The van der Waals surface area contributed by atoms with Gasteiger partial charge in [0.2, 0.25) is 0 Å². The normalized spacial score (nSPS) is 11.1. The first-order valence-corrected chi connectivity index (χ1v) is 8.45. The average Bonchev–Trinajstić information content (AvgIpc) is 2.41. The highest BCUT2D eigenvalue weighted by atomic mass is 79.9. The molecule has 1 aromatic carbocycles. The Morgan fingerprint density at radius 3 is 2.62 bits per heavy atom. The molecule has 0 radical (unpaired) electrons. The van der Waals surface area contributed by atoms with Gasteiger partial charge in [-0.2, -0.15) is 0 Å². The van der Waals surface area contributed by atoms with Crippen LogP contribution in [0.1, 0.15) is 5.56 Å². The number of hydrogen-bond acceptors (Lipinski definition) is 5. The second-order valence-corrected chi connectivity index (χ2v) is 7.15. The van der Waals surface area contributed by atoms with Crippen molar-refractivity contribution in [3.63, 3.8) is 0 Å². The number of thiocarbonyl (C=S) groups is 1. The van der Waals surface area contributed by atoms with Crippen molar-refractivity contribution in [3.8, 4) is 0 Å². The van der Waals surface area contributed by atoms with Gasteiger partial charge in [-0.25, -0.2) is 18.4 Å². The van der Waals surface area contributed by atoms with Crippen LogP contribution in [0.2, 0.25) is 5.02 Å². The van der Waals surface area contributed by atoms with Crippen molar-refractivity contribution < 1.29 is 8.42 Å². The molecular formula is C11H8BrClN4O2S2. The van der Waals surface area contributed by atoms with Crippen molar-refractivity contribution in [1.29, 1.82) is 0 Å². The Morgan fingerprint density at radius 2 is 2.05 bits per heavy atom. The maximum absolute atomic E-state index is 12.3. The number of anilines is 1. The summed E-state index contributed by atoms with van der Waals surface area (Å²) in [6.45, 7) is 0. The Bertz CT molecular complexity index is 796. The van der Waals surface area contributed by atoms with Crippen LogP contribution in [-0.4, -0.2) is 23.4 Å². The third kappa shape index (κ3) is 3.88. The summed E-state index contributed by atoms with van der Waals surface area (Å²) in [6, 6.07) is 4.26. The van der Waals surface area contributed by atoms with Crippen molar-refractivity contribution in [2.75, 3.05) is 4.72 Å². The lowest BCUT2D eigenvalue weighted by molar-refractivity contribution is 0.601. The van der Waals surface area contributed by atoms with Crippen molar-refractivity contribution in [3.05, 3.63) is 45.8 Å². The zero-order valence-corrected chi connectivity index (χ0v) is 14.2. The minimum Gasteiger partial charge on any atom is -0.389 e. The van der Waals surface area contributed by atoms with Gasteiger partial charge in [-0.05, 0) is 28.1 Å². The summed E-state index contributed by atoms with van der Waals surface area (Å²) in [7, 11) is -3.93. The molecule has 0 unspecified atom stereocenters. The van der Waals surface area contributed by atoms with E-state index in [-0.39, 0.29) is 20.7 Å². The smallest absolute Gasteiger partial charge is 0.264 e. The summed E-state index contributed by atoms with van der Waals surface area (Å²) in [5, 5.41) is 0.0487. The van der Waals surface area contributed by atoms with E-state index in [1.165, 1.54) is 24.5 Å². The molecule has 0 fully saturated rings. The van der Waals surface area contributed by atoms with Gasteiger partial charge in [0.15, 0.2) is 5.82 Å². The van der Waals surface area contributed by atoms with Gasteiger partial charge < -0.3 is 5.73 Å². The van der Waals surface area contributed by atoms with Crippen LogP contribution in [-0.2, 0) is 10.0 Å². The Balaban J connectivity index is 2.41. The molecule has 2 aromatic rings. The maximum atomic E-state index is 12.3. The number of sulfonamides is 1. The Hall–Kier alpha value is -1.29. The molecule has 0 spiro atoms. The van der Waals surface area contributed by atoms with Gasteiger partial charge in [-0.3, -0.25) is 4.72 Å². The largest absolute Gasteiger partial charge is 0.389 e. The third-order valence-electron chi connectivity index (χ3n) is 2.36. The maximum Gasteiger partial charge on any atom is 0.264 e. The quantitative estimate of drug-likeness (QED) is 0.755. The number of hydrogen-bond donors (Lipinski definition) is 2. The molecule has 6 nitrogen and oxygen atoms in total. The lowest BCUT2D eigenvalue weighted by Gasteiger charge is -2.10. The van der Waals surface area contributed by atoms with E-state index < -0.39 is 10.0 Å². The number of nitrogens with one attached hydrogen (secondary N) is 1. The molecule has 1 aromatic heterocycles. The predicted molar refractivity (Wildman–Crippen MR) is 87.9 cm³/mol. The predicted octanol–water partition coefficient (Wildman–Crippen LogP) is 2.33. The van der Waals surface area contributed by atoms with Gasteiger partial charge in [0.1, 0.15) is 14.5 Å². The molecule has 0 bridgehead atoms. The van der Waals surface area contributed by atoms with Gasteiger partial charge in [0.25, 0.3) is 10.0 Å². The summed E-state index contributed by atoms with van der Waals surface area (Å²) in [6.07, 6.45) is 2.64. The number of aromatic nitrogens is 2. The highest BCUT2D eigenvalue weighted by Crippen LogP contribution is 2.24. The van der Waals surface area contributed by atoms with Crippen LogP contribution in [0.3, 0.4) is 0 Å². The molecule has 1 heterocycles. The van der Waals surface area contributed by atoms with Crippen LogP contribution in [0, 0.1) is 0 Å². The van der Waals surface area contributed by atoms with Crippen molar-refractivity contribution >= 4 is 60.6 Å². The minimum atomic E-state index is -3.93. The fourth-order valence-electron chi connectivity index (χ4n) is 1.42. The molecule has 21 heavy (non-hydrogen) atoms. The molecule has 0 aliphatic carbocycles. The van der Waals surface area contributed by atoms with Crippen LogP contribution in [0.5, 0.6) is 0 Å². The van der Waals surface area contributed by atoms with Crippen LogP contribution < -0.4 is 10.5 Å². The van der Waals surface area contributed by atoms with E-state index in [1.807, 2.05) is 0 Å². The summed E-state index contributed by atoms with van der Waals surface area (Å²) < 4.78 is 27.4. The first-order chi connectivity index (χ1) is 9.79. The topological polar surface area (TPSA) is 98.0 Å². The Morgan fingerprint density at radius 1 is 1.33 bits per heavy atom. The molecule has 10 heteroatoms. The van der Waals surface area contributed by atoms with E-state index in [0.717, 1.165) is 0 Å². The van der Waals surface area contributed by atoms with E-state index >= 15 is 0 Å². The summed E-state index contributed by atoms with van der Waals surface area (Å²) in [5.74, 6) is 0.0648. The fraction of sp³-hybridized carbons (Fsp3) is 0. The Labute approximate surface area is 139 Å². The van der Waals surface area contributed by atoms with Crippen molar-refractivity contribution in [2.45, 2.75) is 4.90 Å². The van der Waals surface area contributed by atoms with Crippen molar-refractivity contribution in [2.24, 2.45) is 5.73 Å². The molecule has 0 saturated carbocycles. The molecule has 0 aliphatic heterocycles. The zero-order chi connectivity index (χ0) is 15.6. The fourth-order valence-corrected chi connectivity index (χ4v) is 3.27. The molecule has 0 atom stereocenters. The van der Waals surface area contributed by atoms with Gasteiger partial charge in [-0.1, -0.05) is 29.9 Å². The third-order valence-corrected chi connectivity index (χ3v) is 4.85. The van der Waals surface area contributed by atoms with Crippen LogP contribution in [0.25, 0.3) is 0 Å². The van der Waals surface area contributed by atoms with Gasteiger partial charge in [-0.15, -0.1) is 0 Å².